The summed E-state index contributed by atoms with van der Waals surface area (Å²) in [5, 5.41) is 20.0. The third-order valence-corrected chi connectivity index (χ3v) is 2.20. The van der Waals surface area contributed by atoms with Crippen LogP contribution in [0.25, 0.3) is 0 Å². The number of hydrogen-bond donors (Lipinski definition) is 4. The zero-order chi connectivity index (χ0) is 9.14. The first-order chi connectivity index (χ1) is 5.59. The SMILES string of the molecule is N[C@@H]1CC[C@@H](NC(=O)O)C[C@H]1O. The lowest BCUT2D eigenvalue weighted by atomic mass is 9.89. The van der Waals surface area contributed by atoms with Crippen LogP contribution in [0.5, 0.6) is 0 Å². The molecule has 5 N–H and O–H groups in total. The minimum Gasteiger partial charge on any atom is -0.465 e. The van der Waals surface area contributed by atoms with Crippen LogP contribution in [0, 0.1) is 0 Å². The fourth-order valence-electron chi connectivity index (χ4n) is 1.48. The second kappa shape index (κ2) is 3.73. The van der Waals surface area contributed by atoms with Crippen molar-refractivity contribution in [1.29, 1.82) is 0 Å². The number of nitrogens with one attached hydrogen (secondary N) is 1. The van der Waals surface area contributed by atoms with Crippen molar-refractivity contribution in [1.82, 2.24) is 5.32 Å². The summed E-state index contributed by atoms with van der Waals surface area (Å²) in [7, 11) is 0. The third-order valence-electron chi connectivity index (χ3n) is 2.20. The molecule has 1 amide bonds. The van der Waals surface area contributed by atoms with Crippen LogP contribution < -0.4 is 11.1 Å². The third kappa shape index (κ3) is 2.35. The fraction of sp³-hybridized carbons (Fsp3) is 0.857. The van der Waals surface area contributed by atoms with Gasteiger partial charge in [0.25, 0.3) is 0 Å². The lowest BCUT2D eigenvalue weighted by Gasteiger charge is -2.30. The molecule has 0 aromatic carbocycles. The first-order valence-electron chi connectivity index (χ1n) is 4.02. The molecular weight excluding hydrogens is 160 g/mol. The Labute approximate surface area is 70.6 Å². The van der Waals surface area contributed by atoms with Gasteiger partial charge in [-0.15, -0.1) is 0 Å². The minimum absolute atomic E-state index is 0.141. The quantitative estimate of drug-likeness (QED) is 0.430. The summed E-state index contributed by atoms with van der Waals surface area (Å²) in [4.78, 5) is 10.2. The van der Waals surface area contributed by atoms with E-state index in [4.69, 9.17) is 10.8 Å². The molecule has 12 heavy (non-hydrogen) atoms. The highest BCUT2D eigenvalue weighted by molar-refractivity contribution is 5.64. The number of aliphatic hydroxyl groups excluding tert-OH is 1. The molecule has 0 saturated heterocycles. The Kier molecular flexibility index (Phi) is 2.88. The zero-order valence-corrected chi connectivity index (χ0v) is 6.73. The molecule has 0 aromatic heterocycles. The average molecular weight is 174 g/mol. The van der Waals surface area contributed by atoms with Crippen LogP contribution >= 0.6 is 0 Å². The van der Waals surface area contributed by atoms with E-state index in [1.807, 2.05) is 0 Å². The van der Waals surface area contributed by atoms with Crippen LogP contribution in [-0.4, -0.2) is 34.5 Å². The van der Waals surface area contributed by atoms with Gasteiger partial charge in [-0.05, 0) is 19.3 Å². The Balaban J connectivity index is 2.35. The Morgan fingerprint density at radius 1 is 1.50 bits per heavy atom. The maximum atomic E-state index is 10.2. The van der Waals surface area contributed by atoms with E-state index in [9.17, 15) is 9.90 Å². The van der Waals surface area contributed by atoms with Gasteiger partial charge in [0.1, 0.15) is 0 Å². The fourth-order valence-corrected chi connectivity index (χ4v) is 1.48. The molecule has 3 atom stereocenters. The molecule has 1 rings (SSSR count). The highest BCUT2D eigenvalue weighted by Crippen LogP contribution is 2.17. The lowest BCUT2D eigenvalue weighted by Crippen LogP contribution is -2.47. The Morgan fingerprint density at radius 2 is 2.17 bits per heavy atom. The van der Waals surface area contributed by atoms with Crippen molar-refractivity contribution in [3.05, 3.63) is 0 Å². The molecule has 1 aliphatic rings. The first kappa shape index (κ1) is 9.28. The van der Waals surface area contributed by atoms with Gasteiger partial charge in [-0.2, -0.15) is 0 Å². The molecule has 1 aliphatic carbocycles. The van der Waals surface area contributed by atoms with E-state index in [0.29, 0.717) is 19.3 Å². The van der Waals surface area contributed by atoms with Gasteiger partial charge in [0.15, 0.2) is 0 Å². The summed E-state index contributed by atoms with van der Waals surface area (Å²) < 4.78 is 0. The molecule has 0 unspecified atom stereocenters. The van der Waals surface area contributed by atoms with Gasteiger partial charge in [-0.25, -0.2) is 4.79 Å². The van der Waals surface area contributed by atoms with Crippen molar-refractivity contribution < 1.29 is 15.0 Å². The Morgan fingerprint density at radius 3 is 2.67 bits per heavy atom. The summed E-state index contributed by atoms with van der Waals surface area (Å²) >= 11 is 0. The van der Waals surface area contributed by atoms with Gasteiger partial charge < -0.3 is 21.3 Å². The smallest absolute Gasteiger partial charge is 0.404 e. The van der Waals surface area contributed by atoms with Gasteiger partial charge in [0, 0.05) is 12.1 Å². The molecule has 1 saturated carbocycles. The van der Waals surface area contributed by atoms with Gasteiger partial charge in [0.05, 0.1) is 6.10 Å². The number of aliphatic hydroxyl groups is 1. The van der Waals surface area contributed by atoms with E-state index in [1.165, 1.54) is 0 Å². The molecule has 0 aliphatic heterocycles. The van der Waals surface area contributed by atoms with Crippen LogP contribution in [0.3, 0.4) is 0 Å². The van der Waals surface area contributed by atoms with Gasteiger partial charge >= 0.3 is 6.09 Å². The largest absolute Gasteiger partial charge is 0.465 e. The topological polar surface area (TPSA) is 95.6 Å². The number of carboxylic acid groups (broad SMARTS) is 1. The summed E-state index contributed by atoms with van der Waals surface area (Å²) in [6, 6.07) is -0.339. The maximum Gasteiger partial charge on any atom is 0.404 e. The van der Waals surface area contributed by atoms with Crippen LogP contribution in [0.4, 0.5) is 4.79 Å². The van der Waals surface area contributed by atoms with E-state index in [-0.39, 0.29) is 12.1 Å². The van der Waals surface area contributed by atoms with E-state index >= 15 is 0 Å². The van der Waals surface area contributed by atoms with Crippen molar-refractivity contribution in [3.63, 3.8) is 0 Å². The highest BCUT2D eigenvalue weighted by atomic mass is 16.4. The molecule has 0 bridgehead atoms. The standard InChI is InChI=1S/C7H14N2O3/c8-5-2-1-4(3-6(5)10)9-7(11)12/h4-6,9-10H,1-3,8H2,(H,11,12)/t4-,5-,6-/m1/s1. The van der Waals surface area contributed by atoms with Gasteiger partial charge in [-0.3, -0.25) is 0 Å². The molecule has 0 heterocycles. The monoisotopic (exact) mass is 174 g/mol. The second-order valence-electron chi connectivity index (χ2n) is 3.19. The number of nitrogens with two attached hydrogens (primary N) is 1. The van der Waals surface area contributed by atoms with Gasteiger partial charge in [-0.1, -0.05) is 0 Å². The van der Waals surface area contributed by atoms with E-state index in [1.54, 1.807) is 0 Å². The maximum absolute atomic E-state index is 10.2. The average Bonchev–Trinajstić information content (AvgIpc) is 1.96. The summed E-state index contributed by atoms with van der Waals surface area (Å²) in [6.07, 6.45) is 0.197. The molecule has 0 aromatic rings. The van der Waals surface area contributed by atoms with Crippen molar-refractivity contribution in [2.45, 2.75) is 37.5 Å². The first-order valence-corrected chi connectivity index (χ1v) is 4.02. The number of hydrogen-bond acceptors (Lipinski definition) is 3. The van der Waals surface area contributed by atoms with Crippen LogP contribution in [0.2, 0.25) is 0 Å². The van der Waals surface area contributed by atoms with Crippen molar-refractivity contribution >= 4 is 6.09 Å². The molecule has 1 fully saturated rings. The Bertz CT molecular complexity index is 174. The second-order valence-corrected chi connectivity index (χ2v) is 3.19. The summed E-state index contributed by atoms with van der Waals surface area (Å²) in [5.41, 5.74) is 5.55. The molecular formula is C7H14N2O3. The molecule has 5 heteroatoms. The molecule has 0 spiro atoms. The predicted octanol–water partition coefficient (Wildman–Crippen LogP) is -0.505. The van der Waals surface area contributed by atoms with Crippen molar-refractivity contribution in [3.8, 4) is 0 Å². The number of carbonyl (C=O) groups is 1. The van der Waals surface area contributed by atoms with Crippen LogP contribution in [-0.2, 0) is 0 Å². The molecule has 70 valence electrons. The Hall–Kier alpha value is -0.810. The number of amides is 1. The van der Waals surface area contributed by atoms with Crippen LogP contribution in [0.1, 0.15) is 19.3 Å². The minimum atomic E-state index is -1.04. The molecule has 0 radical (unpaired) electrons. The molecule has 5 nitrogen and oxygen atoms in total. The zero-order valence-electron chi connectivity index (χ0n) is 6.73. The van der Waals surface area contributed by atoms with E-state index < -0.39 is 12.2 Å². The van der Waals surface area contributed by atoms with E-state index in [0.717, 1.165) is 0 Å². The van der Waals surface area contributed by atoms with Crippen molar-refractivity contribution in [2.75, 3.05) is 0 Å². The normalized spacial score (nSPS) is 36.0. The lowest BCUT2D eigenvalue weighted by molar-refractivity contribution is 0.0902. The van der Waals surface area contributed by atoms with Crippen molar-refractivity contribution in [2.24, 2.45) is 5.73 Å². The van der Waals surface area contributed by atoms with Crippen LogP contribution in [0.15, 0.2) is 0 Å². The summed E-state index contributed by atoms with van der Waals surface area (Å²) in [6.45, 7) is 0. The predicted molar refractivity (Wildman–Crippen MR) is 42.8 cm³/mol. The highest BCUT2D eigenvalue weighted by Gasteiger charge is 2.27. The van der Waals surface area contributed by atoms with Gasteiger partial charge in [0.2, 0.25) is 0 Å². The van der Waals surface area contributed by atoms with E-state index in [2.05, 4.69) is 5.32 Å². The summed E-state index contributed by atoms with van der Waals surface area (Å²) in [5.74, 6) is 0. The number of rotatable bonds is 1.